The zero-order chi connectivity index (χ0) is 19.5. The molecule has 1 fully saturated rings. The number of benzene rings is 1. The highest BCUT2D eigenvalue weighted by atomic mass is 32.1. The minimum absolute atomic E-state index is 0.0765. The highest BCUT2D eigenvalue weighted by molar-refractivity contribution is 7.09. The van der Waals surface area contributed by atoms with Gasteiger partial charge in [0.25, 0.3) is 0 Å². The zero-order valence-corrected chi connectivity index (χ0v) is 16.7. The minimum Gasteiger partial charge on any atom is -0.339 e. The fourth-order valence-corrected chi connectivity index (χ4v) is 4.37. The summed E-state index contributed by atoms with van der Waals surface area (Å²) >= 11 is 1.48. The van der Waals surface area contributed by atoms with Gasteiger partial charge in [0.2, 0.25) is 11.8 Å². The third-order valence-corrected chi connectivity index (χ3v) is 5.85. The largest absolute Gasteiger partial charge is 0.339 e. The Morgan fingerprint density at radius 2 is 2.07 bits per heavy atom. The highest BCUT2D eigenvalue weighted by Crippen LogP contribution is 2.29. The summed E-state index contributed by atoms with van der Waals surface area (Å²) in [5.74, 6) is 0.0732. The number of amides is 2. The van der Waals surface area contributed by atoms with E-state index in [-0.39, 0.29) is 18.2 Å². The third-order valence-electron chi connectivity index (χ3n) is 5.00. The van der Waals surface area contributed by atoms with Crippen molar-refractivity contribution >= 4 is 34.4 Å². The summed E-state index contributed by atoms with van der Waals surface area (Å²) in [6.07, 6.45) is 7.10. The Balaban J connectivity index is 1.37. The highest BCUT2D eigenvalue weighted by Gasteiger charge is 2.24. The second-order valence-electron chi connectivity index (χ2n) is 7.25. The van der Waals surface area contributed by atoms with Crippen LogP contribution in [0.5, 0.6) is 0 Å². The van der Waals surface area contributed by atoms with Crippen molar-refractivity contribution in [3.05, 3.63) is 63.6 Å². The molecule has 1 aliphatic carbocycles. The van der Waals surface area contributed by atoms with Gasteiger partial charge >= 0.3 is 0 Å². The molecule has 6 heteroatoms. The van der Waals surface area contributed by atoms with Crippen molar-refractivity contribution in [2.24, 2.45) is 0 Å². The van der Waals surface area contributed by atoms with Gasteiger partial charge in [-0.25, -0.2) is 4.98 Å². The molecule has 1 N–H and O–H groups in total. The van der Waals surface area contributed by atoms with Gasteiger partial charge in [0, 0.05) is 29.7 Å². The van der Waals surface area contributed by atoms with E-state index in [1.807, 2.05) is 47.5 Å². The number of hydrogen-bond acceptors (Lipinski definition) is 4. The molecule has 1 aromatic heterocycles. The Morgan fingerprint density at radius 1 is 1.25 bits per heavy atom. The molecule has 0 unspecified atom stereocenters. The van der Waals surface area contributed by atoms with E-state index in [0.29, 0.717) is 6.42 Å². The number of nitrogens with zero attached hydrogens (tertiary/aromatic N) is 2. The van der Waals surface area contributed by atoms with Crippen molar-refractivity contribution in [2.45, 2.75) is 32.6 Å². The van der Waals surface area contributed by atoms with Gasteiger partial charge < -0.3 is 10.2 Å². The monoisotopic (exact) mass is 393 g/mol. The third kappa shape index (κ3) is 4.22. The van der Waals surface area contributed by atoms with Crippen LogP contribution in [0.2, 0.25) is 0 Å². The lowest BCUT2D eigenvalue weighted by molar-refractivity contribution is -0.126. The maximum Gasteiger partial charge on any atom is 0.250 e. The molecule has 4 rings (SSSR count). The molecule has 1 aromatic carbocycles. The topological polar surface area (TPSA) is 62.3 Å². The molecule has 5 nitrogen and oxygen atoms in total. The van der Waals surface area contributed by atoms with Crippen LogP contribution in [-0.4, -0.2) is 34.8 Å². The van der Waals surface area contributed by atoms with Crippen LogP contribution in [0.1, 0.15) is 35.5 Å². The van der Waals surface area contributed by atoms with Crippen molar-refractivity contribution in [1.82, 2.24) is 9.88 Å². The van der Waals surface area contributed by atoms with Crippen LogP contribution in [0.15, 0.2) is 47.4 Å². The molecule has 0 atom stereocenters. The molecule has 0 spiro atoms. The van der Waals surface area contributed by atoms with Crippen molar-refractivity contribution in [1.29, 1.82) is 0 Å². The first-order valence-corrected chi connectivity index (χ1v) is 10.5. The maximum absolute atomic E-state index is 12.5. The predicted molar refractivity (Wildman–Crippen MR) is 112 cm³/mol. The van der Waals surface area contributed by atoms with Crippen molar-refractivity contribution in [3.63, 3.8) is 0 Å². The summed E-state index contributed by atoms with van der Waals surface area (Å²) in [4.78, 5) is 31.4. The summed E-state index contributed by atoms with van der Waals surface area (Å²) in [6, 6.07) is 7.74. The van der Waals surface area contributed by atoms with E-state index >= 15 is 0 Å². The SMILES string of the molecule is Cc1cccc(NC(=O)Cc2nc(C3=CCC(C(=O)N4CCCC4)=C3)cs2)c1. The molecule has 2 heterocycles. The number of likely N-dealkylation sites (tertiary alicyclic amines) is 1. The number of anilines is 1. The Kier molecular flexibility index (Phi) is 5.39. The van der Waals surface area contributed by atoms with E-state index < -0.39 is 0 Å². The van der Waals surface area contributed by atoms with Gasteiger partial charge in [-0.1, -0.05) is 18.2 Å². The Labute approximate surface area is 168 Å². The number of hydrogen-bond donors (Lipinski definition) is 1. The van der Waals surface area contributed by atoms with Gasteiger partial charge in [0.05, 0.1) is 12.1 Å². The van der Waals surface area contributed by atoms with Crippen LogP contribution >= 0.6 is 11.3 Å². The molecule has 1 saturated heterocycles. The van der Waals surface area contributed by atoms with Gasteiger partial charge in [0.1, 0.15) is 5.01 Å². The standard InChI is InChI=1S/C22H23N3O2S/c1-15-5-4-6-18(11-15)23-20(26)13-21-24-19(14-28-21)16-7-8-17(12-16)22(27)25-9-2-3-10-25/h4-7,11-12,14H,2-3,8-10,13H2,1H3,(H,23,26). The molecular weight excluding hydrogens is 370 g/mol. The number of allylic oxidation sites excluding steroid dienone is 3. The Morgan fingerprint density at radius 3 is 2.86 bits per heavy atom. The van der Waals surface area contributed by atoms with Gasteiger partial charge in [-0.15, -0.1) is 11.3 Å². The molecule has 1 aliphatic heterocycles. The van der Waals surface area contributed by atoms with Crippen LogP contribution < -0.4 is 5.32 Å². The second kappa shape index (κ2) is 8.10. The predicted octanol–water partition coefficient (Wildman–Crippen LogP) is 3.97. The van der Waals surface area contributed by atoms with E-state index in [2.05, 4.69) is 16.4 Å². The van der Waals surface area contributed by atoms with Crippen LogP contribution in [0, 0.1) is 6.92 Å². The molecule has 0 saturated carbocycles. The fraction of sp³-hybridized carbons (Fsp3) is 0.318. The second-order valence-corrected chi connectivity index (χ2v) is 8.20. The number of aromatic nitrogens is 1. The van der Waals surface area contributed by atoms with E-state index in [1.54, 1.807) is 0 Å². The fourth-order valence-electron chi connectivity index (χ4n) is 3.57. The van der Waals surface area contributed by atoms with Gasteiger partial charge in [0.15, 0.2) is 0 Å². The summed E-state index contributed by atoms with van der Waals surface area (Å²) in [5, 5.41) is 5.65. The van der Waals surface area contributed by atoms with E-state index in [1.165, 1.54) is 11.3 Å². The van der Waals surface area contributed by atoms with Crippen molar-refractivity contribution in [3.8, 4) is 0 Å². The van der Waals surface area contributed by atoms with E-state index in [9.17, 15) is 9.59 Å². The van der Waals surface area contributed by atoms with Crippen LogP contribution in [-0.2, 0) is 16.0 Å². The average Bonchev–Trinajstić information content (AvgIpc) is 3.42. The van der Waals surface area contributed by atoms with E-state index in [4.69, 9.17) is 0 Å². The Hall–Kier alpha value is -2.73. The first-order chi connectivity index (χ1) is 13.6. The minimum atomic E-state index is -0.0765. The first kappa shape index (κ1) is 18.6. The summed E-state index contributed by atoms with van der Waals surface area (Å²) in [6.45, 7) is 3.72. The molecule has 28 heavy (non-hydrogen) atoms. The molecule has 0 bridgehead atoms. The molecule has 0 radical (unpaired) electrons. The quantitative estimate of drug-likeness (QED) is 0.836. The number of nitrogens with one attached hydrogen (secondary N) is 1. The lowest BCUT2D eigenvalue weighted by Gasteiger charge is -2.15. The first-order valence-electron chi connectivity index (χ1n) is 9.60. The zero-order valence-electron chi connectivity index (χ0n) is 15.9. The lowest BCUT2D eigenvalue weighted by atomic mass is 10.2. The lowest BCUT2D eigenvalue weighted by Crippen LogP contribution is -2.28. The smallest absolute Gasteiger partial charge is 0.250 e. The number of thiazole rings is 1. The summed E-state index contributed by atoms with van der Waals surface area (Å²) in [7, 11) is 0. The Bertz CT molecular complexity index is 968. The number of carbonyl (C=O) groups excluding carboxylic acids is 2. The average molecular weight is 394 g/mol. The van der Waals surface area contributed by atoms with Crippen LogP contribution in [0.4, 0.5) is 5.69 Å². The summed E-state index contributed by atoms with van der Waals surface area (Å²) in [5.41, 5.74) is 4.56. The normalized spacial score (nSPS) is 16.1. The van der Waals surface area contributed by atoms with Crippen LogP contribution in [0.25, 0.3) is 5.57 Å². The van der Waals surface area contributed by atoms with Crippen molar-refractivity contribution < 1.29 is 9.59 Å². The summed E-state index contributed by atoms with van der Waals surface area (Å²) < 4.78 is 0. The molecule has 2 amide bonds. The molecule has 2 aliphatic rings. The number of carbonyl (C=O) groups is 2. The van der Waals surface area contributed by atoms with Crippen LogP contribution in [0.3, 0.4) is 0 Å². The van der Waals surface area contributed by atoms with E-state index in [0.717, 1.165) is 59.0 Å². The van der Waals surface area contributed by atoms with Crippen molar-refractivity contribution in [2.75, 3.05) is 18.4 Å². The molecule has 144 valence electrons. The maximum atomic E-state index is 12.5. The number of aryl methyl sites for hydroxylation is 1. The van der Waals surface area contributed by atoms with Gasteiger partial charge in [-0.3, -0.25) is 9.59 Å². The van der Waals surface area contributed by atoms with Gasteiger partial charge in [-0.05, 0) is 55.5 Å². The number of rotatable bonds is 5. The molecular formula is C22H23N3O2S. The molecule has 2 aromatic rings. The van der Waals surface area contributed by atoms with Gasteiger partial charge in [-0.2, -0.15) is 0 Å².